The lowest BCUT2D eigenvalue weighted by Gasteiger charge is -2.32. The van der Waals surface area contributed by atoms with Crippen LogP contribution in [-0.2, 0) is 17.8 Å². The summed E-state index contributed by atoms with van der Waals surface area (Å²) in [4.78, 5) is 31.4. The second-order valence-corrected chi connectivity index (χ2v) is 9.75. The van der Waals surface area contributed by atoms with Gasteiger partial charge in [0.25, 0.3) is 5.91 Å². The molecule has 178 valence electrons. The fourth-order valence-corrected chi connectivity index (χ4v) is 5.80. The number of hydrogen-bond donors (Lipinski definition) is 2. The first kappa shape index (κ1) is 23.1. The average molecular weight is 486 g/mol. The number of fused-ring (bicyclic) bond motifs is 1. The summed E-state index contributed by atoms with van der Waals surface area (Å²) >= 11 is 1.43. The predicted octanol–water partition coefficient (Wildman–Crippen LogP) is 5.56. The molecule has 2 N–H and O–H groups in total. The Labute approximate surface area is 208 Å². The summed E-state index contributed by atoms with van der Waals surface area (Å²) in [7, 11) is 0. The van der Waals surface area contributed by atoms with Crippen LogP contribution in [0.1, 0.15) is 45.8 Å². The number of aromatic nitrogens is 1. The van der Waals surface area contributed by atoms with E-state index >= 15 is 0 Å². The summed E-state index contributed by atoms with van der Waals surface area (Å²) in [6, 6.07) is 20.5. The molecule has 0 spiro atoms. The maximum absolute atomic E-state index is 13.7. The van der Waals surface area contributed by atoms with Gasteiger partial charge >= 0.3 is 5.97 Å². The van der Waals surface area contributed by atoms with E-state index in [4.69, 9.17) is 0 Å². The summed E-state index contributed by atoms with van der Waals surface area (Å²) in [5.41, 5.74) is 5.01. The first-order valence-electron chi connectivity index (χ1n) is 11.8. The third kappa shape index (κ3) is 5.05. The van der Waals surface area contributed by atoms with Gasteiger partial charge in [-0.05, 0) is 35.3 Å². The number of thiophene rings is 1. The number of rotatable bonds is 7. The van der Waals surface area contributed by atoms with Gasteiger partial charge in [0.05, 0.1) is 27.9 Å². The molecular formula is C28H27N3O3S. The maximum atomic E-state index is 13.7. The number of pyridine rings is 1. The lowest BCUT2D eigenvalue weighted by atomic mass is 9.89. The summed E-state index contributed by atoms with van der Waals surface area (Å²) in [5.74, 6) is -0.464. The van der Waals surface area contributed by atoms with Crippen molar-refractivity contribution < 1.29 is 14.7 Å². The Bertz CT molecular complexity index is 1330. The molecule has 1 aliphatic rings. The molecule has 4 aromatic rings. The first-order chi connectivity index (χ1) is 17.1. The van der Waals surface area contributed by atoms with Crippen LogP contribution in [-0.4, -0.2) is 40.0 Å². The quantitative estimate of drug-likeness (QED) is 0.358. The zero-order valence-electron chi connectivity index (χ0n) is 19.3. The van der Waals surface area contributed by atoms with E-state index in [-0.39, 0.29) is 12.3 Å². The van der Waals surface area contributed by atoms with E-state index in [1.807, 2.05) is 46.7 Å². The van der Waals surface area contributed by atoms with Gasteiger partial charge in [0.15, 0.2) is 0 Å². The van der Waals surface area contributed by atoms with Crippen LogP contribution in [0.25, 0.3) is 10.2 Å². The minimum Gasteiger partial charge on any atom is -0.481 e. The Balaban J connectivity index is 1.42. The zero-order chi connectivity index (χ0) is 24.2. The van der Waals surface area contributed by atoms with Gasteiger partial charge in [-0.25, -0.2) is 0 Å². The molecule has 2 aromatic carbocycles. The number of nitrogens with one attached hydrogen (secondary N) is 1. The molecule has 0 saturated carbocycles. The number of carbonyl (C=O) groups excluding carboxylic acids is 1. The van der Waals surface area contributed by atoms with Gasteiger partial charge in [0.2, 0.25) is 0 Å². The van der Waals surface area contributed by atoms with Crippen molar-refractivity contribution in [1.82, 2.24) is 9.88 Å². The maximum Gasteiger partial charge on any atom is 0.307 e. The van der Waals surface area contributed by atoms with Gasteiger partial charge in [-0.3, -0.25) is 14.6 Å². The van der Waals surface area contributed by atoms with E-state index < -0.39 is 5.97 Å². The second-order valence-electron chi connectivity index (χ2n) is 8.87. The summed E-state index contributed by atoms with van der Waals surface area (Å²) in [6.07, 6.45) is 3.38. The number of carboxylic acids is 1. The van der Waals surface area contributed by atoms with Crippen LogP contribution in [0, 0.1) is 0 Å². The molecule has 35 heavy (non-hydrogen) atoms. The summed E-state index contributed by atoms with van der Waals surface area (Å²) < 4.78 is 0.821. The number of carbonyl (C=O) groups is 2. The number of nitrogens with zero attached hydrogens (tertiary/aromatic N) is 2. The number of hydrogen-bond acceptors (Lipinski definition) is 5. The highest BCUT2D eigenvalue weighted by Crippen LogP contribution is 2.36. The average Bonchev–Trinajstić information content (AvgIpc) is 3.30. The van der Waals surface area contributed by atoms with Crippen LogP contribution in [0.5, 0.6) is 0 Å². The first-order valence-corrected chi connectivity index (χ1v) is 12.7. The Morgan fingerprint density at radius 1 is 1.03 bits per heavy atom. The van der Waals surface area contributed by atoms with Crippen molar-refractivity contribution in [2.24, 2.45) is 0 Å². The Morgan fingerprint density at radius 3 is 2.40 bits per heavy atom. The molecule has 1 fully saturated rings. The lowest BCUT2D eigenvalue weighted by Crippen LogP contribution is -2.38. The van der Waals surface area contributed by atoms with E-state index in [2.05, 4.69) is 34.6 Å². The highest BCUT2D eigenvalue weighted by Gasteiger charge is 2.27. The molecule has 7 heteroatoms. The van der Waals surface area contributed by atoms with E-state index in [1.54, 1.807) is 6.20 Å². The largest absolute Gasteiger partial charge is 0.481 e. The number of carboxylic acid groups (broad SMARTS) is 1. The molecule has 1 aliphatic heterocycles. The number of anilines is 1. The second kappa shape index (κ2) is 10.3. The Hall–Kier alpha value is -3.71. The third-order valence-corrected chi connectivity index (χ3v) is 7.63. The van der Waals surface area contributed by atoms with Crippen LogP contribution in [0.2, 0.25) is 0 Å². The predicted molar refractivity (Wildman–Crippen MR) is 139 cm³/mol. The highest BCUT2D eigenvalue weighted by atomic mass is 32.1. The summed E-state index contributed by atoms with van der Waals surface area (Å²) in [5, 5.41) is 14.6. The van der Waals surface area contributed by atoms with Gasteiger partial charge in [-0.15, -0.1) is 11.3 Å². The molecule has 1 amide bonds. The molecule has 0 bridgehead atoms. The third-order valence-electron chi connectivity index (χ3n) is 6.59. The topological polar surface area (TPSA) is 82.5 Å². The van der Waals surface area contributed by atoms with Crippen LogP contribution < -0.4 is 5.32 Å². The lowest BCUT2D eigenvalue weighted by molar-refractivity contribution is -0.136. The van der Waals surface area contributed by atoms with Crippen LogP contribution in [0.15, 0.2) is 72.2 Å². The normalized spacial score (nSPS) is 14.2. The molecule has 2 aromatic heterocycles. The van der Waals surface area contributed by atoms with E-state index in [0.29, 0.717) is 42.2 Å². The van der Waals surface area contributed by atoms with Crippen LogP contribution in [0.3, 0.4) is 0 Å². The van der Waals surface area contributed by atoms with Gasteiger partial charge in [0.1, 0.15) is 0 Å². The van der Waals surface area contributed by atoms with Gasteiger partial charge in [0, 0.05) is 31.4 Å². The van der Waals surface area contributed by atoms with Gasteiger partial charge in [-0.1, -0.05) is 60.7 Å². The number of likely N-dealkylation sites (tertiary alicyclic amines) is 1. The molecule has 5 rings (SSSR count). The fraction of sp³-hybridized carbons (Fsp3) is 0.250. The van der Waals surface area contributed by atoms with E-state index in [9.17, 15) is 14.7 Å². The van der Waals surface area contributed by atoms with Crippen molar-refractivity contribution in [3.63, 3.8) is 0 Å². The van der Waals surface area contributed by atoms with Crippen molar-refractivity contribution in [3.05, 3.63) is 94.5 Å². The van der Waals surface area contributed by atoms with E-state index in [1.165, 1.54) is 16.9 Å². The highest BCUT2D eigenvalue weighted by molar-refractivity contribution is 7.18. The number of amides is 1. The molecule has 6 nitrogen and oxygen atoms in total. The molecule has 0 radical (unpaired) electrons. The monoisotopic (exact) mass is 485 g/mol. The SMILES string of the molecule is O=C(O)Cc1csc2c(NCc3ccccc3)c(C(=O)N3CCC(c4ccccc4)CC3)cnc12. The van der Waals surface area contributed by atoms with Crippen molar-refractivity contribution in [3.8, 4) is 0 Å². The fourth-order valence-electron chi connectivity index (χ4n) is 4.75. The molecule has 3 heterocycles. The van der Waals surface area contributed by atoms with Gasteiger partial charge < -0.3 is 15.3 Å². The Morgan fingerprint density at radius 2 is 1.71 bits per heavy atom. The number of benzene rings is 2. The minimum absolute atomic E-state index is 0.0327. The van der Waals surface area contributed by atoms with Crippen LogP contribution >= 0.6 is 11.3 Å². The van der Waals surface area contributed by atoms with Crippen LogP contribution in [0.4, 0.5) is 5.69 Å². The molecular weight excluding hydrogens is 458 g/mol. The molecule has 1 saturated heterocycles. The minimum atomic E-state index is -0.897. The van der Waals surface area contributed by atoms with E-state index in [0.717, 1.165) is 28.8 Å². The molecule has 0 atom stereocenters. The van der Waals surface area contributed by atoms with Crippen molar-refractivity contribution in [2.75, 3.05) is 18.4 Å². The summed E-state index contributed by atoms with van der Waals surface area (Å²) in [6.45, 7) is 1.95. The van der Waals surface area contributed by atoms with Gasteiger partial charge in [-0.2, -0.15) is 0 Å². The number of piperidine rings is 1. The van der Waals surface area contributed by atoms with Crippen molar-refractivity contribution >= 4 is 39.1 Å². The molecule has 0 unspecified atom stereocenters. The number of aliphatic carboxylic acids is 1. The Kier molecular flexibility index (Phi) is 6.77. The van der Waals surface area contributed by atoms with Crippen molar-refractivity contribution in [2.45, 2.75) is 31.7 Å². The smallest absolute Gasteiger partial charge is 0.307 e. The van der Waals surface area contributed by atoms with Crippen molar-refractivity contribution in [1.29, 1.82) is 0 Å². The molecule has 0 aliphatic carbocycles. The standard InChI is InChI=1S/C28H27N3O3S/c32-24(33)15-22-18-35-27-25(22)30-17-23(26(27)29-16-19-7-3-1-4-8-19)28(34)31-13-11-21(12-14-31)20-9-5-2-6-10-20/h1-10,17-18,21H,11-16H2,(H,29,30)(H,32,33). The zero-order valence-corrected chi connectivity index (χ0v) is 20.1.